The largest absolute Gasteiger partial charge is 0.460 e. The highest BCUT2D eigenvalue weighted by Gasteiger charge is 2.52. The van der Waals surface area contributed by atoms with Crippen LogP contribution in [0.1, 0.15) is 72.1 Å². The standard InChI is InChI=1S/C15H26O2/c1-14(2,3)17-13(16)15(9-10-15)11-12-7-5-4-6-8-12/h12H,4-11H2,1-3H3. The van der Waals surface area contributed by atoms with E-state index in [1.165, 1.54) is 32.1 Å². The van der Waals surface area contributed by atoms with Gasteiger partial charge in [0, 0.05) is 0 Å². The molecule has 0 N–H and O–H groups in total. The van der Waals surface area contributed by atoms with Crippen molar-refractivity contribution in [2.75, 3.05) is 0 Å². The van der Waals surface area contributed by atoms with Gasteiger partial charge in [-0.15, -0.1) is 0 Å². The zero-order valence-corrected chi connectivity index (χ0v) is 11.6. The maximum atomic E-state index is 12.2. The fourth-order valence-corrected chi connectivity index (χ4v) is 2.97. The van der Waals surface area contributed by atoms with Crippen LogP contribution in [0.15, 0.2) is 0 Å². The predicted molar refractivity (Wildman–Crippen MR) is 68.7 cm³/mol. The molecule has 0 amide bonds. The van der Waals surface area contributed by atoms with E-state index >= 15 is 0 Å². The molecule has 0 spiro atoms. The summed E-state index contributed by atoms with van der Waals surface area (Å²) < 4.78 is 5.57. The summed E-state index contributed by atoms with van der Waals surface area (Å²) in [7, 11) is 0. The minimum Gasteiger partial charge on any atom is -0.460 e. The van der Waals surface area contributed by atoms with Gasteiger partial charge in [-0.1, -0.05) is 32.1 Å². The molecule has 2 aliphatic carbocycles. The molecule has 0 atom stereocenters. The quantitative estimate of drug-likeness (QED) is 0.692. The summed E-state index contributed by atoms with van der Waals surface area (Å²) in [6, 6.07) is 0. The zero-order valence-electron chi connectivity index (χ0n) is 11.6. The molecule has 0 aromatic heterocycles. The number of rotatable bonds is 3. The fraction of sp³-hybridized carbons (Fsp3) is 0.933. The van der Waals surface area contributed by atoms with Crippen LogP contribution in [-0.4, -0.2) is 11.6 Å². The van der Waals surface area contributed by atoms with Gasteiger partial charge < -0.3 is 4.74 Å². The fourth-order valence-electron chi connectivity index (χ4n) is 2.97. The molecule has 0 aromatic rings. The molecule has 0 aliphatic heterocycles. The third-order valence-corrected chi connectivity index (χ3v) is 4.09. The van der Waals surface area contributed by atoms with Gasteiger partial charge in [0.25, 0.3) is 0 Å². The number of esters is 1. The van der Waals surface area contributed by atoms with Crippen LogP contribution < -0.4 is 0 Å². The van der Waals surface area contributed by atoms with Gasteiger partial charge in [-0.25, -0.2) is 0 Å². The van der Waals surface area contributed by atoms with Crippen molar-refractivity contribution in [1.82, 2.24) is 0 Å². The predicted octanol–water partition coefficient (Wildman–Crippen LogP) is 4.08. The summed E-state index contributed by atoms with van der Waals surface area (Å²) in [6.07, 6.45) is 9.94. The van der Waals surface area contributed by atoms with Crippen molar-refractivity contribution in [3.8, 4) is 0 Å². The van der Waals surface area contributed by atoms with Crippen molar-refractivity contribution in [1.29, 1.82) is 0 Å². The number of hydrogen-bond donors (Lipinski definition) is 0. The molecule has 0 aromatic carbocycles. The number of carbonyl (C=O) groups excluding carboxylic acids is 1. The lowest BCUT2D eigenvalue weighted by atomic mass is 9.81. The molecular formula is C15H26O2. The first kappa shape index (κ1) is 12.9. The summed E-state index contributed by atoms with van der Waals surface area (Å²) in [4.78, 5) is 12.2. The van der Waals surface area contributed by atoms with Crippen molar-refractivity contribution in [3.05, 3.63) is 0 Å². The molecular weight excluding hydrogens is 212 g/mol. The van der Waals surface area contributed by atoms with Gasteiger partial charge >= 0.3 is 5.97 Å². The lowest BCUT2D eigenvalue weighted by Gasteiger charge is -2.28. The average Bonchev–Trinajstić information content (AvgIpc) is 2.98. The summed E-state index contributed by atoms with van der Waals surface area (Å²) >= 11 is 0. The van der Waals surface area contributed by atoms with Crippen LogP contribution in [0.3, 0.4) is 0 Å². The van der Waals surface area contributed by atoms with Gasteiger partial charge in [-0.05, 0) is 46.0 Å². The van der Waals surface area contributed by atoms with Gasteiger partial charge in [0.1, 0.15) is 5.60 Å². The Morgan fingerprint density at radius 3 is 2.24 bits per heavy atom. The van der Waals surface area contributed by atoms with Crippen LogP contribution in [0, 0.1) is 11.3 Å². The smallest absolute Gasteiger partial charge is 0.312 e. The van der Waals surface area contributed by atoms with Crippen LogP contribution in [0.5, 0.6) is 0 Å². The highest BCUT2D eigenvalue weighted by Crippen LogP contribution is 2.53. The van der Waals surface area contributed by atoms with Gasteiger partial charge in [-0.3, -0.25) is 4.79 Å². The Morgan fingerprint density at radius 1 is 1.18 bits per heavy atom. The summed E-state index contributed by atoms with van der Waals surface area (Å²) in [5, 5.41) is 0. The van der Waals surface area contributed by atoms with E-state index in [4.69, 9.17) is 4.74 Å². The Hall–Kier alpha value is -0.530. The van der Waals surface area contributed by atoms with E-state index in [2.05, 4.69) is 0 Å². The normalized spacial score (nSPS) is 24.4. The number of carbonyl (C=O) groups is 1. The van der Waals surface area contributed by atoms with E-state index in [1.54, 1.807) is 0 Å². The maximum Gasteiger partial charge on any atom is 0.312 e. The monoisotopic (exact) mass is 238 g/mol. The molecule has 98 valence electrons. The van der Waals surface area contributed by atoms with Crippen molar-refractivity contribution < 1.29 is 9.53 Å². The van der Waals surface area contributed by atoms with Gasteiger partial charge in [0.2, 0.25) is 0 Å². The molecule has 2 heteroatoms. The molecule has 0 radical (unpaired) electrons. The van der Waals surface area contributed by atoms with Crippen LogP contribution in [0.4, 0.5) is 0 Å². The Bertz CT molecular complexity index is 278. The third-order valence-electron chi connectivity index (χ3n) is 4.09. The van der Waals surface area contributed by atoms with E-state index in [0.29, 0.717) is 0 Å². The summed E-state index contributed by atoms with van der Waals surface area (Å²) in [5.41, 5.74) is -0.422. The van der Waals surface area contributed by atoms with Crippen LogP contribution in [0.2, 0.25) is 0 Å². The first-order valence-electron chi connectivity index (χ1n) is 7.15. The number of ether oxygens (including phenoxy) is 1. The lowest BCUT2D eigenvalue weighted by Crippen LogP contribution is -2.31. The Balaban J connectivity index is 1.88. The second-order valence-corrected chi connectivity index (χ2v) is 6.99. The second kappa shape index (κ2) is 4.62. The van der Waals surface area contributed by atoms with E-state index < -0.39 is 0 Å². The van der Waals surface area contributed by atoms with Gasteiger partial charge in [0.15, 0.2) is 0 Å². The molecule has 2 nitrogen and oxygen atoms in total. The first-order valence-corrected chi connectivity index (χ1v) is 7.15. The topological polar surface area (TPSA) is 26.3 Å². The molecule has 0 saturated heterocycles. The first-order chi connectivity index (χ1) is 7.91. The van der Waals surface area contributed by atoms with E-state index in [-0.39, 0.29) is 17.0 Å². The summed E-state index contributed by atoms with van der Waals surface area (Å²) in [5.74, 6) is 0.842. The van der Waals surface area contributed by atoms with Crippen molar-refractivity contribution in [3.63, 3.8) is 0 Å². The van der Waals surface area contributed by atoms with Gasteiger partial charge in [-0.2, -0.15) is 0 Å². The molecule has 2 saturated carbocycles. The molecule has 17 heavy (non-hydrogen) atoms. The van der Waals surface area contributed by atoms with Crippen molar-refractivity contribution >= 4 is 5.97 Å². The second-order valence-electron chi connectivity index (χ2n) is 6.99. The lowest BCUT2D eigenvalue weighted by molar-refractivity contribution is -0.162. The highest BCUT2D eigenvalue weighted by molar-refractivity contribution is 5.80. The molecule has 2 rings (SSSR count). The summed E-state index contributed by atoms with van der Waals surface area (Å²) in [6.45, 7) is 5.88. The SMILES string of the molecule is CC(C)(C)OC(=O)C1(CC2CCCCC2)CC1. The van der Waals surface area contributed by atoms with Crippen molar-refractivity contribution in [2.45, 2.75) is 77.7 Å². The molecule has 2 aliphatic rings. The maximum absolute atomic E-state index is 12.2. The zero-order chi connectivity index (χ0) is 12.5. The highest BCUT2D eigenvalue weighted by atomic mass is 16.6. The number of hydrogen-bond acceptors (Lipinski definition) is 2. The van der Waals surface area contributed by atoms with Crippen LogP contribution in [-0.2, 0) is 9.53 Å². The van der Waals surface area contributed by atoms with E-state index in [1.807, 2.05) is 20.8 Å². The Labute approximate surface area is 105 Å². The van der Waals surface area contributed by atoms with E-state index in [0.717, 1.165) is 25.2 Å². The average molecular weight is 238 g/mol. The van der Waals surface area contributed by atoms with Gasteiger partial charge in [0.05, 0.1) is 5.41 Å². The molecule has 2 fully saturated rings. The third kappa shape index (κ3) is 3.46. The Kier molecular flexibility index (Phi) is 3.51. The minimum absolute atomic E-state index is 0.0653. The van der Waals surface area contributed by atoms with E-state index in [9.17, 15) is 4.79 Å². The molecule has 0 unspecified atom stereocenters. The minimum atomic E-state index is -0.334. The molecule has 0 heterocycles. The molecule has 0 bridgehead atoms. The van der Waals surface area contributed by atoms with Crippen molar-refractivity contribution in [2.24, 2.45) is 11.3 Å². The van der Waals surface area contributed by atoms with Crippen LogP contribution in [0.25, 0.3) is 0 Å². The van der Waals surface area contributed by atoms with Crippen LogP contribution >= 0.6 is 0 Å². The Morgan fingerprint density at radius 2 is 1.76 bits per heavy atom.